The predicted molar refractivity (Wildman–Crippen MR) is 90.9 cm³/mol. The molecular weight excluding hydrogens is 318 g/mol. The van der Waals surface area contributed by atoms with Crippen molar-refractivity contribution < 1.29 is 9.15 Å². The summed E-state index contributed by atoms with van der Waals surface area (Å²) in [7, 11) is 0. The van der Waals surface area contributed by atoms with Gasteiger partial charge in [0.25, 0.3) is 0 Å². The molecular formula is C18H17N5O2. The lowest BCUT2D eigenvalue weighted by atomic mass is 10.0. The highest BCUT2D eigenvalue weighted by Crippen LogP contribution is 2.27. The number of nitrogens with zero attached hydrogens (tertiary/aromatic N) is 4. The number of fused-ring (bicyclic) bond motifs is 1. The van der Waals surface area contributed by atoms with Gasteiger partial charge in [-0.15, -0.1) is 10.2 Å². The number of hydrogen-bond donors (Lipinski definition) is 1. The van der Waals surface area contributed by atoms with E-state index in [2.05, 4.69) is 26.6 Å². The maximum atomic E-state index is 9.35. The molecule has 7 heteroatoms. The van der Waals surface area contributed by atoms with E-state index >= 15 is 0 Å². The number of anilines is 1. The molecule has 2 aromatic heterocycles. The van der Waals surface area contributed by atoms with E-state index in [1.165, 1.54) is 0 Å². The van der Waals surface area contributed by atoms with Crippen molar-refractivity contribution in [3.05, 3.63) is 47.8 Å². The van der Waals surface area contributed by atoms with Crippen LogP contribution in [0.3, 0.4) is 0 Å². The molecule has 0 radical (unpaired) electrons. The van der Waals surface area contributed by atoms with Crippen LogP contribution in [0, 0.1) is 11.3 Å². The Kier molecular flexibility index (Phi) is 4.27. The van der Waals surface area contributed by atoms with Crippen LogP contribution in [-0.4, -0.2) is 28.4 Å². The van der Waals surface area contributed by atoms with E-state index in [-0.39, 0.29) is 5.92 Å². The molecule has 126 valence electrons. The molecule has 1 unspecified atom stereocenters. The lowest BCUT2D eigenvalue weighted by Gasteiger charge is -2.18. The number of rotatable bonds is 4. The highest BCUT2D eigenvalue weighted by Gasteiger charge is 2.22. The zero-order chi connectivity index (χ0) is 17.1. The van der Waals surface area contributed by atoms with E-state index in [0.717, 1.165) is 36.0 Å². The molecule has 0 bridgehead atoms. The number of pyridine rings is 1. The summed E-state index contributed by atoms with van der Waals surface area (Å²) < 4.78 is 11.2. The summed E-state index contributed by atoms with van der Waals surface area (Å²) in [5.74, 6) is 1.29. The molecule has 1 saturated heterocycles. The molecule has 3 aromatic rings. The Balaban J connectivity index is 1.55. The van der Waals surface area contributed by atoms with Crippen LogP contribution < -0.4 is 5.32 Å². The van der Waals surface area contributed by atoms with Crippen LogP contribution in [0.4, 0.5) is 5.69 Å². The van der Waals surface area contributed by atoms with Crippen molar-refractivity contribution in [2.45, 2.75) is 25.3 Å². The highest BCUT2D eigenvalue weighted by atomic mass is 16.5. The van der Waals surface area contributed by atoms with Gasteiger partial charge in [-0.2, -0.15) is 5.26 Å². The predicted octanol–water partition coefficient (Wildman–Crippen LogP) is 3.00. The molecule has 1 aromatic carbocycles. The summed E-state index contributed by atoms with van der Waals surface area (Å²) in [6.07, 6.45) is 3.58. The molecule has 0 amide bonds. The third-order valence-corrected chi connectivity index (χ3v) is 4.30. The average Bonchev–Trinajstić information content (AvgIpc) is 3.15. The van der Waals surface area contributed by atoms with Crippen LogP contribution in [0.5, 0.6) is 0 Å². The van der Waals surface area contributed by atoms with Gasteiger partial charge in [0.1, 0.15) is 6.07 Å². The molecule has 4 rings (SSSR count). The van der Waals surface area contributed by atoms with Gasteiger partial charge in [-0.25, -0.2) is 0 Å². The minimum atomic E-state index is 0.173. The zero-order valence-electron chi connectivity index (χ0n) is 13.6. The largest absolute Gasteiger partial charge is 0.423 e. The monoisotopic (exact) mass is 335 g/mol. The number of nitrogens with one attached hydrogen (secondary N) is 1. The molecule has 0 spiro atoms. The molecule has 1 aliphatic rings. The van der Waals surface area contributed by atoms with Crippen molar-refractivity contribution >= 4 is 16.6 Å². The number of nitriles is 1. The van der Waals surface area contributed by atoms with Crippen molar-refractivity contribution in [1.82, 2.24) is 15.2 Å². The first kappa shape index (κ1) is 15.5. The van der Waals surface area contributed by atoms with E-state index in [9.17, 15) is 5.26 Å². The van der Waals surface area contributed by atoms with Gasteiger partial charge in [-0.3, -0.25) is 4.98 Å². The van der Waals surface area contributed by atoms with Crippen molar-refractivity contribution in [2.75, 3.05) is 18.5 Å². The summed E-state index contributed by atoms with van der Waals surface area (Å²) in [6.45, 7) is 1.77. The van der Waals surface area contributed by atoms with E-state index in [1.54, 1.807) is 6.20 Å². The summed E-state index contributed by atoms with van der Waals surface area (Å²) in [5.41, 5.74) is 2.04. The normalized spacial score (nSPS) is 17.3. The first-order chi connectivity index (χ1) is 12.3. The summed E-state index contributed by atoms with van der Waals surface area (Å²) >= 11 is 0. The Hall–Kier alpha value is -2.98. The van der Waals surface area contributed by atoms with E-state index < -0.39 is 0 Å². The van der Waals surface area contributed by atoms with Gasteiger partial charge in [0.2, 0.25) is 11.8 Å². The Morgan fingerprint density at radius 3 is 3.04 bits per heavy atom. The smallest absolute Gasteiger partial charge is 0.235 e. The van der Waals surface area contributed by atoms with E-state index in [4.69, 9.17) is 9.15 Å². The number of aromatic nitrogens is 3. The molecule has 7 nitrogen and oxygen atoms in total. The molecule has 25 heavy (non-hydrogen) atoms. The molecule has 1 fully saturated rings. The van der Waals surface area contributed by atoms with Crippen molar-refractivity contribution in [3.63, 3.8) is 0 Å². The summed E-state index contributed by atoms with van der Waals surface area (Å²) in [6, 6.07) is 9.86. The third-order valence-electron chi connectivity index (χ3n) is 4.30. The van der Waals surface area contributed by atoms with Crippen molar-refractivity contribution in [2.24, 2.45) is 0 Å². The number of benzene rings is 1. The lowest BCUT2D eigenvalue weighted by Crippen LogP contribution is -2.15. The molecule has 1 atom stereocenters. The van der Waals surface area contributed by atoms with Gasteiger partial charge in [0, 0.05) is 18.2 Å². The Morgan fingerprint density at radius 1 is 1.28 bits per heavy atom. The van der Waals surface area contributed by atoms with Gasteiger partial charge in [-0.05, 0) is 18.9 Å². The maximum Gasteiger partial charge on any atom is 0.235 e. The fourth-order valence-electron chi connectivity index (χ4n) is 3.02. The van der Waals surface area contributed by atoms with Crippen LogP contribution in [-0.2, 0) is 11.3 Å². The first-order valence-corrected chi connectivity index (χ1v) is 8.27. The van der Waals surface area contributed by atoms with Gasteiger partial charge in [-0.1, -0.05) is 18.2 Å². The molecule has 1 N–H and O–H groups in total. The first-order valence-electron chi connectivity index (χ1n) is 8.27. The van der Waals surface area contributed by atoms with Crippen molar-refractivity contribution in [3.8, 4) is 6.07 Å². The van der Waals surface area contributed by atoms with Gasteiger partial charge >= 0.3 is 0 Å². The molecule has 0 aliphatic carbocycles. The van der Waals surface area contributed by atoms with Crippen molar-refractivity contribution in [1.29, 1.82) is 5.26 Å². The average molecular weight is 335 g/mol. The van der Waals surface area contributed by atoms with E-state index in [0.29, 0.717) is 30.5 Å². The molecule has 1 aliphatic heterocycles. The second-order valence-electron chi connectivity index (χ2n) is 5.98. The quantitative estimate of drug-likeness (QED) is 0.782. The van der Waals surface area contributed by atoms with Crippen LogP contribution >= 0.6 is 0 Å². The maximum absolute atomic E-state index is 9.35. The Bertz CT molecular complexity index is 925. The fraction of sp³-hybridized carbons (Fsp3) is 0.333. The molecule has 0 saturated carbocycles. The van der Waals surface area contributed by atoms with E-state index in [1.807, 2.05) is 24.3 Å². The number of para-hydroxylation sites is 1. The number of ether oxygens (including phenoxy) is 1. The van der Waals surface area contributed by atoms with Crippen LogP contribution in [0.2, 0.25) is 0 Å². The number of hydrogen-bond acceptors (Lipinski definition) is 7. The second-order valence-corrected chi connectivity index (χ2v) is 5.98. The van der Waals surface area contributed by atoms with Crippen LogP contribution in [0.1, 0.15) is 36.1 Å². The second kappa shape index (κ2) is 6.87. The summed E-state index contributed by atoms with van der Waals surface area (Å²) in [4.78, 5) is 4.31. The van der Waals surface area contributed by atoms with Crippen LogP contribution in [0.15, 0.2) is 34.9 Å². The Labute approximate surface area is 144 Å². The lowest BCUT2D eigenvalue weighted by molar-refractivity contribution is 0.0722. The summed E-state index contributed by atoms with van der Waals surface area (Å²) in [5, 5.41) is 21.7. The van der Waals surface area contributed by atoms with Crippen LogP contribution in [0.25, 0.3) is 10.9 Å². The van der Waals surface area contributed by atoms with Gasteiger partial charge in [0.15, 0.2) is 0 Å². The SMILES string of the molecule is N#Cc1cnc2ccccc2c1NCc1nnc(C2CCCOC2)o1. The van der Waals surface area contributed by atoms with Gasteiger partial charge in [0.05, 0.1) is 35.8 Å². The van der Waals surface area contributed by atoms with Gasteiger partial charge < -0.3 is 14.5 Å². The Morgan fingerprint density at radius 2 is 2.20 bits per heavy atom. The standard InChI is InChI=1S/C18H17N5O2/c19-8-13-9-20-15-6-2-1-5-14(15)17(13)21-10-16-22-23-18(25-16)12-4-3-7-24-11-12/h1-2,5-6,9,12H,3-4,7,10-11H2,(H,20,21). The minimum absolute atomic E-state index is 0.173. The molecule has 3 heterocycles. The third kappa shape index (κ3) is 3.16. The highest BCUT2D eigenvalue weighted by molar-refractivity contribution is 5.93. The topological polar surface area (TPSA) is 96.9 Å². The zero-order valence-corrected chi connectivity index (χ0v) is 13.6. The minimum Gasteiger partial charge on any atom is -0.423 e. The fourth-order valence-corrected chi connectivity index (χ4v) is 3.02.